The van der Waals surface area contributed by atoms with Crippen molar-refractivity contribution in [1.29, 1.82) is 0 Å². The Morgan fingerprint density at radius 3 is 3.05 bits per heavy atom. The van der Waals surface area contributed by atoms with Crippen LogP contribution in [-0.2, 0) is 4.74 Å². The summed E-state index contributed by atoms with van der Waals surface area (Å²) in [5.41, 5.74) is 2.13. The average Bonchev–Trinajstić information content (AvgIpc) is 2.78. The van der Waals surface area contributed by atoms with Gasteiger partial charge in [-0.2, -0.15) is 0 Å². The molecule has 19 heavy (non-hydrogen) atoms. The van der Waals surface area contributed by atoms with Crippen LogP contribution in [-0.4, -0.2) is 22.8 Å². The zero-order chi connectivity index (χ0) is 13.4. The highest BCUT2D eigenvalue weighted by Crippen LogP contribution is 2.32. The molecule has 2 heterocycles. The molecule has 2 atom stereocenters. The number of alkyl halides is 1. The molecular weight excluding hydrogens is 328 g/mol. The van der Waals surface area contributed by atoms with Crippen LogP contribution >= 0.6 is 27.5 Å². The standard InChI is InChI=1S/C14H16BrClN2O/c1-9(16)14-17-12-5-4-10(15)7-13(12)18(14)11-3-2-6-19-8-11/h4-5,7,9,11H,2-3,6,8H2,1H3. The van der Waals surface area contributed by atoms with Crippen LogP contribution in [0.25, 0.3) is 11.0 Å². The molecule has 0 amide bonds. The van der Waals surface area contributed by atoms with Gasteiger partial charge in [-0.15, -0.1) is 11.6 Å². The first kappa shape index (κ1) is 13.4. The molecular formula is C14H16BrClN2O. The van der Waals surface area contributed by atoms with Crippen molar-refractivity contribution in [1.82, 2.24) is 9.55 Å². The maximum atomic E-state index is 6.30. The first-order valence-electron chi connectivity index (χ1n) is 6.56. The number of nitrogens with zero attached hydrogens (tertiary/aromatic N) is 2. The van der Waals surface area contributed by atoms with E-state index < -0.39 is 0 Å². The smallest absolute Gasteiger partial charge is 0.128 e. The first-order chi connectivity index (χ1) is 9.16. The first-order valence-corrected chi connectivity index (χ1v) is 7.79. The maximum Gasteiger partial charge on any atom is 0.128 e. The zero-order valence-electron chi connectivity index (χ0n) is 10.8. The van der Waals surface area contributed by atoms with Gasteiger partial charge in [0.2, 0.25) is 0 Å². The molecule has 1 aromatic heterocycles. The molecule has 1 saturated heterocycles. The van der Waals surface area contributed by atoms with Crippen LogP contribution in [0.4, 0.5) is 0 Å². The van der Waals surface area contributed by atoms with Crippen LogP contribution in [0.15, 0.2) is 22.7 Å². The Morgan fingerprint density at radius 2 is 2.37 bits per heavy atom. The third-order valence-corrected chi connectivity index (χ3v) is 4.22. The largest absolute Gasteiger partial charge is 0.379 e. The van der Waals surface area contributed by atoms with Crippen LogP contribution in [0.3, 0.4) is 0 Å². The number of benzene rings is 1. The van der Waals surface area contributed by atoms with Crippen molar-refractivity contribution < 1.29 is 4.74 Å². The van der Waals surface area contributed by atoms with Crippen LogP contribution in [0, 0.1) is 0 Å². The monoisotopic (exact) mass is 342 g/mol. The van der Waals surface area contributed by atoms with E-state index in [0.29, 0.717) is 6.04 Å². The van der Waals surface area contributed by atoms with Crippen molar-refractivity contribution >= 4 is 38.6 Å². The molecule has 1 fully saturated rings. The molecule has 0 aliphatic carbocycles. The number of halogens is 2. The van der Waals surface area contributed by atoms with Gasteiger partial charge in [0.05, 0.1) is 29.1 Å². The van der Waals surface area contributed by atoms with Crippen molar-refractivity contribution in [3.05, 3.63) is 28.5 Å². The van der Waals surface area contributed by atoms with Gasteiger partial charge in [0.25, 0.3) is 0 Å². The molecule has 0 saturated carbocycles. The molecule has 2 aromatic rings. The van der Waals surface area contributed by atoms with Gasteiger partial charge in [0, 0.05) is 11.1 Å². The minimum Gasteiger partial charge on any atom is -0.379 e. The van der Waals surface area contributed by atoms with E-state index in [1.165, 1.54) is 0 Å². The predicted molar refractivity (Wildman–Crippen MR) is 80.8 cm³/mol. The van der Waals surface area contributed by atoms with E-state index in [9.17, 15) is 0 Å². The Hall–Kier alpha value is -0.580. The lowest BCUT2D eigenvalue weighted by Gasteiger charge is -2.26. The van der Waals surface area contributed by atoms with Crippen molar-refractivity contribution in [2.24, 2.45) is 0 Å². The highest BCUT2D eigenvalue weighted by molar-refractivity contribution is 9.10. The van der Waals surface area contributed by atoms with Crippen LogP contribution < -0.4 is 0 Å². The van der Waals surface area contributed by atoms with Crippen LogP contribution in [0.5, 0.6) is 0 Å². The molecule has 1 aliphatic heterocycles. The van der Waals surface area contributed by atoms with Gasteiger partial charge < -0.3 is 9.30 Å². The van der Waals surface area contributed by atoms with Gasteiger partial charge in [-0.25, -0.2) is 4.98 Å². The molecule has 0 N–H and O–H groups in total. The molecule has 1 aliphatic rings. The fourth-order valence-corrected chi connectivity index (χ4v) is 3.18. The second-order valence-electron chi connectivity index (χ2n) is 4.96. The second-order valence-corrected chi connectivity index (χ2v) is 6.53. The fraction of sp³-hybridized carbons (Fsp3) is 0.500. The van der Waals surface area contributed by atoms with Crippen molar-refractivity contribution in [2.75, 3.05) is 13.2 Å². The molecule has 0 spiro atoms. The number of hydrogen-bond donors (Lipinski definition) is 0. The van der Waals surface area contributed by atoms with E-state index in [1.807, 2.05) is 19.1 Å². The van der Waals surface area contributed by atoms with Crippen molar-refractivity contribution in [3.8, 4) is 0 Å². The third-order valence-electron chi connectivity index (χ3n) is 3.54. The Balaban J connectivity index is 2.17. The molecule has 0 bridgehead atoms. The Kier molecular flexibility index (Phi) is 3.83. The van der Waals surface area contributed by atoms with Gasteiger partial charge in [0.15, 0.2) is 0 Å². The van der Waals surface area contributed by atoms with Gasteiger partial charge >= 0.3 is 0 Å². The summed E-state index contributed by atoms with van der Waals surface area (Å²) < 4.78 is 8.94. The molecule has 102 valence electrons. The number of aromatic nitrogens is 2. The lowest BCUT2D eigenvalue weighted by Crippen LogP contribution is -2.23. The summed E-state index contributed by atoms with van der Waals surface area (Å²) in [4.78, 5) is 4.68. The van der Waals surface area contributed by atoms with Crippen molar-refractivity contribution in [2.45, 2.75) is 31.2 Å². The summed E-state index contributed by atoms with van der Waals surface area (Å²) in [7, 11) is 0. The van der Waals surface area contributed by atoms with E-state index in [0.717, 1.165) is 47.4 Å². The van der Waals surface area contributed by atoms with Crippen LogP contribution in [0.1, 0.15) is 37.0 Å². The third kappa shape index (κ3) is 2.54. The summed E-state index contributed by atoms with van der Waals surface area (Å²) in [6, 6.07) is 6.49. The van der Waals surface area contributed by atoms with Gasteiger partial charge in [0.1, 0.15) is 5.82 Å². The molecule has 1 aromatic carbocycles. The fourth-order valence-electron chi connectivity index (χ4n) is 2.68. The Morgan fingerprint density at radius 1 is 1.53 bits per heavy atom. The minimum atomic E-state index is -0.104. The highest BCUT2D eigenvalue weighted by atomic mass is 79.9. The lowest BCUT2D eigenvalue weighted by molar-refractivity contribution is 0.0595. The number of hydrogen-bond acceptors (Lipinski definition) is 2. The van der Waals surface area contributed by atoms with E-state index in [1.54, 1.807) is 0 Å². The zero-order valence-corrected chi connectivity index (χ0v) is 13.1. The minimum absolute atomic E-state index is 0.104. The number of ether oxygens (including phenoxy) is 1. The quantitative estimate of drug-likeness (QED) is 0.753. The number of imidazole rings is 1. The van der Waals surface area contributed by atoms with Gasteiger partial charge in [-0.1, -0.05) is 15.9 Å². The number of fused-ring (bicyclic) bond motifs is 1. The maximum absolute atomic E-state index is 6.30. The second kappa shape index (κ2) is 5.43. The van der Waals surface area contributed by atoms with E-state index in [2.05, 4.69) is 31.5 Å². The average molecular weight is 344 g/mol. The highest BCUT2D eigenvalue weighted by Gasteiger charge is 2.23. The summed E-state index contributed by atoms with van der Waals surface area (Å²) in [6.07, 6.45) is 2.21. The van der Waals surface area contributed by atoms with Gasteiger partial charge in [-0.3, -0.25) is 0 Å². The lowest BCUT2D eigenvalue weighted by atomic mass is 10.1. The Labute approximate surface area is 126 Å². The summed E-state index contributed by atoms with van der Waals surface area (Å²) in [6.45, 7) is 3.57. The summed E-state index contributed by atoms with van der Waals surface area (Å²) in [5, 5.41) is -0.104. The van der Waals surface area contributed by atoms with E-state index in [4.69, 9.17) is 16.3 Å². The summed E-state index contributed by atoms with van der Waals surface area (Å²) in [5.74, 6) is 0.935. The molecule has 3 nitrogen and oxygen atoms in total. The van der Waals surface area contributed by atoms with Gasteiger partial charge in [-0.05, 0) is 38.0 Å². The molecule has 5 heteroatoms. The van der Waals surface area contributed by atoms with E-state index >= 15 is 0 Å². The SMILES string of the molecule is CC(Cl)c1nc2ccc(Br)cc2n1C1CCCOC1. The van der Waals surface area contributed by atoms with Crippen LogP contribution in [0.2, 0.25) is 0 Å². The topological polar surface area (TPSA) is 27.1 Å². The molecule has 2 unspecified atom stereocenters. The molecule has 3 rings (SSSR count). The number of rotatable bonds is 2. The molecule has 0 radical (unpaired) electrons. The van der Waals surface area contributed by atoms with E-state index in [-0.39, 0.29) is 5.38 Å². The predicted octanol–water partition coefficient (Wildman–Crippen LogP) is 4.45. The Bertz CT molecular complexity index is 590. The summed E-state index contributed by atoms with van der Waals surface area (Å²) >= 11 is 9.83. The normalized spacial score (nSPS) is 21.7. The van der Waals surface area contributed by atoms with Crippen molar-refractivity contribution in [3.63, 3.8) is 0 Å².